The van der Waals surface area contributed by atoms with Gasteiger partial charge in [-0.2, -0.15) is 0 Å². The zero-order chi connectivity index (χ0) is 21.1. The predicted molar refractivity (Wildman–Crippen MR) is 88.6 cm³/mol. The monoisotopic (exact) mass is 389 g/mol. The van der Waals surface area contributed by atoms with E-state index in [4.69, 9.17) is 27.4 Å². The molecule has 13 nitrogen and oxygen atoms in total. The maximum Gasteiger partial charge on any atom is 0.303 e. The number of amides is 4. The summed E-state index contributed by atoms with van der Waals surface area (Å²) < 4.78 is 0. The van der Waals surface area contributed by atoms with E-state index < -0.39 is 66.5 Å². The van der Waals surface area contributed by atoms with Crippen molar-refractivity contribution in [3.8, 4) is 0 Å². The fraction of sp³-hybridized carbons (Fsp3) is 0.571. The molecule has 0 heterocycles. The van der Waals surface area contributed by atoms with Crippen molar-refractivity contribution in [2.24, 2.45) is 17.2 Å². The van der Waals surface area contributed by atoms with Crippen LogP contribution in [0.5, 0.6) is 0 Å². The first-order chi connectivity index (χ1) is 12.4. The molecule has 0 spiro atoms. The molecule has 10 N–H and O–H groups in total. The fourth-order valence-electron chi connectivity index (χ4n) is 1.92. The quantitative estimate of drug-likeness (QED) is 0.164. The van der Waals surface area contributed by atoms with E-state index in [1.165, 1.54) is 0 Å². The van der Waals surface area contributed by atoms with Gasteiger partial charge in [-0.3, -0.25) is 28.8 Å². The Bertz CT molecular complexity index is 608. The zero-order valence-electron chi connectivity index (χ0n) is 14.3. The lowest BCUT2D eigenvalue weighted by Gasteiger charge is -2.22. The van der Waals surface area contributed by atoms with Gasteiger partial charge in [-0.1, -0.05) is 0 Å². The number of carbonyl (C=O) groups is 6. The Hall–Kier alpha value is -3.22. The van der Waals surface area contributed by atoms with E-state index in [2.05, 4.69) is 10.6 Å². The van der Waals surface area contributed by atoms with Gasteiger partial charge in [0.25, 0.3) is 0 Å². The Balaban J connectivity index is 5.09. The Morgan fingerprint density at radius 1 is 0.778 bits per heavy atom. The number of carbonyl (C=O) groups excluding carboxylic acids is 4. The molecule has 152 valence electrons. The van der Waals surface area contributed by atoms with E-state index in [1.807, 2.05) is 0 Å². The highest BCUT2D eigenvalue weighted by Crippen LogP contribution is 2.03. The summed E-state index contributed by atoms with van der Waals surface area (Å²) in [6.45, 7) is 0. The van der Waals surface area contributed by atoms with Crippen LogP contribution in [0.15, 0.2) is 0 Å². The maximum absolute atomic E-state index is 12.3. The minimum absolute atomic E-state index is 0.208. The number of hydrogen-bond acceptors (Lipinski definition) is 7. The molecule has 0 saturated carbocycles. The third-order valence-electron chi connectivity index (χ3n) is 3.35. The first-order valence-electron chi connectivity index (χ1n) is 7.81. The number of rotatable bonds is 13. The number of nitrogens with two attached hydrogens (primary N) is 3. The molecule has 4 amide bonds. The minimum Gasteiger partial charge on any atom is -0.481 e. The van der Waals surface area contributed by atoms with Crippen LogP contribution in [0.25, 0.3) is 0 Å². The van der Waals surface area contributed by atoms with Gasteiger partial charge in [-0.05, 0) is 12.8 Å². The molecule has 0 rings (SSSR count). The fourth-order valence-corrected chi connectivity index (χ4v) is 1.92. The SMILES string of the molecule is NC(=O)C[C@@H](NC(=O)[C@@H](CCC(=O)O)NC(=O)[C@@H](N)CCC(=O)O)C(N)=O. The van der Waals surface area contributed by atoms with Gasteiger partial charge in [0, 0.05) is 12.8 Å². The molecule has 0 aliphatic carbocycles. The van der Waals surface area contributed by atoms with Gasteiger partial charge in [0.1, 0.15) is 12.1 Å². The van der Waals surface area contributed by atoms with Crippen molar-refractivity contribution in [1.82, 2.24) is 10.6 Å². The number of carboxylic acids is 2. The topological polar surface area (TPSA) is 245 Å². The van der Waals surface area contributed by atoms with Crippen LogP contribution in [0, 0.1) is 0 Å². The van der Waals surface area contributed by atoms with Crippen LogP contribution in [0.3, 0.4) is 0 Å². The van der Waals surface area contributed by atoms with Crippen LogP contribution in [0.1, 0.15) is 32.1 Å². The smallest absolute Gasteiger partial charge is 0.303 e. The number of hydrogen-bond donors (Lipinski definition) is 7. The zero-order valence-corrected chi connectivity index (χ0v) is 14.3. The standard InChI is InChI=1S/C14H23N5O8/c15-6(1-3-10(21)22)13(26)18-7(2-4-11(23)24)14(27)19-8(12(17)25)5-9(16)20/h6-8H,1-5,15H2,(H2,16,20)(H2,17,25)(H,18,26)(H,19,27)(H,21,22)(H,23,24)/t6-,7+,8+/m0/s1. The Morgan fingerprint density at radius 2 is 1.26 bits per heavy atom. The summed E-state index contributed by atoms with van der Waals surface area (Å²) in [6, 6.07) is -4.10. The third-order valence-corrected chi connectivity index (χ3v) is 3.35. The normalized spacial score (nSPS) is 13.7. The summed E-state index contributed by atoms with van der Waals surface area (Å²) in [4.78, 5) is 67.7. The molecule has 3 atom stereocenters. The minimum atomic E-state index is -1.44. The van der Waals surface area contributed by atoms with E-state index in [0.717, 1.165) is 0 Å². The first-order valence-corrected chi connectivity index (χ1v) is 7.81. The largest absolute Gasteiger partial charge is 0.481 e. The molecule has 0 radical (unpaired) electrons. The van der Waals surface area contributed by atoms with Gasteiger partial charge >= 0.3 is 11.9 Å². The predicted octanol–water partition coefficient (Wildman–Crippen LogP) is -3.63. The maximum atomic E-state index is 12.3. The van der Waals surface area contributed by atoms with Gasteiger partial charge in [0.2, 0.25) is 23.6 Å². The Kier molecular flexibility index (Phi) is 10.0. The van der Waals surface area contributed by atoms with Crippen LogP contribution in [0.4, 0.5) is 0 Å². The van der Waals surface area contributed by atoms with Gasteiger partial charge in [-0.25, -0.2) is 0 Å². The second kappa shape index (κ2) is 11.4. The molecule has 0 aromatic heterocycles. The molecule has 13 heteroatoms. The van der Waals surface area contributed by atoms with Gasteiger partial charge in [0.15, 0.2) is 0 Å². The molecule has 0 aromatic carbocycles. The van der Waals surface area contributed by atoms with Crippen molar-refractivity contribution >= 4 is 35.6 Å². The highest BCUT2D eigenvalue weighted by Gasteiger charge is 2.28. The number of primary amides is 2. The van der Waals surface area contributed by atoms with Crippen molar-refractivity contribution in [2.45, 2.75) is 50.2 Å². The average molecular weight is 389 g/mol. The highest BCUT2D eigenvalue weighted by atomic mass is 16.4. The summed E-state index contributed by atoms with van der Waals surface area (Å²) >= 11 is 0. The van der Waals surface area contributed by atoms with Crippen LogP contribution in [0.2, 0.25) is 0 Å². The summed E-state index contributed by atoms with van der Waals surface area (Å²) in [5.74, 6) is -6.24. The summed E-state index contributed by atoms with van der Waals surface area (Å²) in [6.07, 6.45) is -2.03. The van der Waals surface area contributed by atoms with Gasteiger partial charge < -0.3 is 38.0 Å². The highest BCUT2D eigenvalue weighted by molar-refractivity contribution is 5.94. The van der Waals surface area contributed by atoms with Crippen LogP contribution < -0.4 is 27.8 Å². The van der Waals surface area contributed by atoms with Crippen molar-refractivity contribution < 1.29 is 39.0 Å². The first kappa shape index (κ1) is 23.8. The van der Waals surface area contributed by atoms with Crippen LogP contribution in [-0.4, -0.2) is 63.9 Å². The number of carboxylic acid groups (broad SMARTS) is 2. The van der Waals surface area contributed by atoms with Crippen molar-refractivity contribution in [2.75, 3.05) is 0 Å². The molecule has 0 aliphatic heterocycles. The molecule has 0 aliphatic rings. The lowest BCUT2D eigenvalue weighted by Crippen LogP contribution is -2.56. The van der Waals surface area contributed by atoms with Crippen LogP contribution >= 0.6 is 0 Å². The van der Waals surface area contributed by atoms with Crippen molar-refractivity contribution in [3.63, 3.8) is 0 Å². The van der Waals surface area contributed by atoms with E-state index >= 15 is 0 Å². The third kappa shape index (κ3) is 10.4. The van der Waals surface area contributed by atoms with Crippen molar-refractivity contribution in [1.29, 1.82) is 0 Å². The second-order valence-corrected chi connectivity index (χ2v) is 5.67. The molecular formula is C14H23N5O8. The Labute approximate surface area is 153 Å². The molecular weight excluding hydrogens is 366 g/mol. The molecule has 0 bridgehead atoms. The lowest BCUT2D eigenvalue weighted by atomic mass is 10.1. The average Bonchev–Trinajstić information content (AvgIpc) is 2.54. The molecule has 0 aromatic rings. The van der Waals surface area contributed by atoms with E-state index in [0.29, 0.717) is 0 Å². The molecule has 0 saturated heterocycles. The summed E-state index contributed by atoms with van der Waals surface area (Å²) in [7, 11) is 0. The number of aliphatic carboxylic acids is 2. The van der Waals surface area contributed by atoms with E-state index in [-0.39, 0.29) is 19.3 Å². The molecule has 0 fully saturated rings. The van der Waals surface area contributed by atoms with Gasteiger partial charge in [0.05, 0.1) is 12.5 Å². The van der Waals surface area contributed by atoms with E-state index in [1.54, 1.807) is 0 Å². The number of nitrogens with one attached hydrogen (secondary N) is 2. The molecule has 0 unspecified atom stereocenters. The second-order valence-electron chi connectivity index (χ2n) is 5.67. The lowest BCUT2D eigenvalue weighted by molar-refractivity contribution is -0.139. The van der Waals surface area contributed by atoms with Crippen molar-refractivity contribution in [3.05, 3.63) is 0 Å². The summed E-state index contributed by atoms with van der Waals surface area (Å²) in [5.41, 5.74) is 15.5. The van der Waals surface area contributed by atoms with Gasteiger partial charge in [-0.15, -0.1) is 0 Å². The summed E-state index contributed by atoms with van der Waals surface area (Å²) in [5, 5.41) is 21.6. The van der Waals surface area contributed by atoms with Crippen LogP contribution in [-0.2, 0) is 28.8 Å². The molecule has 27 heavy (non-hydrogen) atoms. The Morgan fingerprint density at radius 3 is 1.70 bits per heavy atom. The van der Waals surface area contributed by atoms with E-state index in [9.17, 15) is 28.8 Å².